The second kappa shape index (κ2) is 3.21. The van der Waals surface area contributed by atoms with Crippen molar-refractivity contribution in [3.63, 3.8) is 0 Å². The highest BCUT2D eigenvalue weighted by atomic mass is 16.3. The van der Waals surface area contributed by atoms with Gasteiger partial charge in [-0.05, 0) is 65.0 Å². The predicted octanol–water partition coefficient (Wildman–Crippen LogP) is 2.02. The molecule has 0 aromatic rings. The Balaban J connectivity index is 1.87. The van der Waals surface area contributed by atoms with Crippen LogP contribution in [0.15, 0.2) is 0 Å². The van der Waals surface area contributed by atoms with Crippen molar-refractivity contribution in [1.82, 2.24) is 4.90 Å². The van der Waals surface area contributed by atoms with Crippen molar-refractivity contribution in [2.75, 3.05) is 13.1 Å². The second-order valence-electron chi connectivity index (χ2n) is 6.22. The van der Waals surface area contributed by atoms with Crippen molar-refractivity contribution in [1.29, 1.82) is 0 Å². The summed E-state index contributed by atoms with van der Waals surface area (Å²) < 4.78 is 0. The predicted molar refractivity (Wildman–Crippen MR) is 58.2 cm³/mol. The summed E-state index contributed by atoms with van der Waals surface area (Å²) in [7, 11) is 0. The third kappa shape index (κ3) is 1.82. The van der Waals surface area contributed by atoms with Crippen molar-refractivity contribution in [2.24, 2.45) is 5.41 Å². The molecule has 0 aromatic heterocycles. The third-order valence-corrected chi connectivity index (χ3v) is 4.11. The summed E-state index contributed by atoms with van der Waals surface area (Å²) in [5, 5.41) is 9.38. The minimum atomic E-state index is 0.0104. The first-order chi connectivity index (χ1) is 6.41. The van der Waals surface area contributed by atoms with Gasteiger partial charge in [0.2, 0.25) is 0 Å². The smallest absolute Gasteiger partial charge is 0.0550 e. The summed E-state index contributed by atoms with van der Waals surface area (Å²) in [5.41, 5.74) is 0.852. The molecule has 0 atom stereocenters. The summed E-state index contributed by atoms with van der Waals surface area (Å²) in [6.07, 6.45) is 4.72. The van der Waals surface area contributed by atoms with Gasteiger partial charge >= 0.3 is 0 Å². The van der Waals surface area contributed by atoms with E-state index in [1.165, 1.54) is 25.9 Å². The summed E-state index contributed by atoms with van der Waals surface area (Å²) in [6.45, 7) is 9.31. The van der Waals surface area contributed by atoms with Gasteiger partial charge in [-0.2, -0.15) is 0 Å². The first-order valence-corrected chi connectivity index (χ1v) is 5.84. The van der Waals surface area contributed by atoms with Crippen molar-refractivity contribution in [3.05, 3.63) is 0 Å². The molecule has 14 heavy (non-hydrogen) atoms. The van der Waals surface area contributed by atoms with E-state index in [0.29, 0.717) is 11.0 Å². The third-order valence-electron chi connectivity index (χ3n) is 4.11. The average molecular weight is 197 g/mol. The Morgan fingerprint density at radius 3 is 2.00 bits per heavy atom. The lowest BCUT2D eigenvalue weighted by Crippen LogP contribution is -2.53. The van der Waals surface area contributed by atoms with Gasteiger partial charge in [-0.1, -0.05) is 0 Å². The zero-order valence-corrected chi connectivity index (χ0v) is 9.71. The Morgan fingerprint density at radius 1 is 1.14 bits per heavy atom. The number of rotatable bonds is 0. The molecule has 2 nitrogen and oxygen atoms in total. The molecule has 0 aromatic carbocycles. The average Bonchev–Trinajstić information content (AvgIpc) is 2.01. The van der Waals surface area contributed by atoms with E-state index >= 15 is 0 Å². The van der Waals surface area contributed by atoms with Crippen LogP contribution in [0.5, 0.6) is 0 Å². The van der Waals surface area contributed by atoms with E-state index in [4.69, 9.17) is 0 Å². The van der Waals surface area contributed by atoms with Crippen LogP contribution in [0.2, 0.25) is 0 Å². The van der Waals surface area contributed by atoms with Gasteiger partial charge in [-0.15, -0.1) is 0 Å². The monoisotopic (exact) mass is 197 g/mol. The minimum Gasteiger partial charge on any atom is -0.393 e. The van der Waals surface area contributed by atoms with E-state index in [0.717, 1.165) is 12.8 Å². The van der Waals surface area contributed by atoms with Gasteiger partial charge in [0, 0.05) is 5.54 Å². The number of aliphatic hydroxyl groups excluding tert-OH is 1. The Kier molecular flexibility index (Phi) is 2.39. The van der Waals surface area contributed by atoms with Crippen molar-refractivity contribution < 1.29 is 5.11 Å². The number of hydrogen-bond acceptors (Lipinski definition) is 2. The molecular formula is C12H23NO. The van der Waals surface area contributed by atoms with Gasteiger partial charge in [0.15, 0.2) is 0 Å². The van der Waals surface area contributed by atoms with Crippen molar-refractivity contribution >= 4 is 0 Å². The molecule has 0 amide bonds. The van der Waals surface area contributed by atoms with E-state index in [1.54, 1.807) is 0 Å². The zero-order valence-electron chi connectivity index (χ0n) is 9.71. The Labute approximate surface area is 87.3 Å². The Bertz CT molecular complexity index is 203. The van der Waals surface area contributed by atoms with E-state index in [2.05, 4.69) is 25.7 Å². The maximum Gasteiger partial charge on any atom is 0.0550 e. The Morgan fingerprint density at radius 2 is 1.64 bits per heavy atom. The maximum atomic E-state index is 9.38. The molecule has 82 valence electrons. The molecule has 0 bridgehead atoms. The van der Waals surface area contributed by atoms with Gasteiger partial charge in [0.05, 0.1) is 6.10 Å². The minimum absolute atomic E-state index is 0.0104. The lowest BCUT2D eigenvalue weighted by molar-refractivity contribution is -0.0793. The van der Waals surface area contributed by atoms with Crippen molar-refractivity contribution in [3.8, 4) is 0 Å². The quantitative estimate of drug-likeness (QED) is 0.642. The number of hydrogen-bond donors (Lipinski definition) is 1. The van der Waals surface area contributed by atoms with Crippen LogP contribution in [-0.4, -0.2) is 34.7 Å². The SMILES string of the molecule is CC(C)(C)N1CCC2(CC1)CC(O)C2. The molecule has 1 saturated carbocycles. The second-order valence-corrected chi connectivity index (χ2v) is 6.22. The van der Waals surface area contributed by atoms with Crippen LogP contribution in [0, 0.1) is 5.41 Å². The molecule has 2 fully saturated rings. The van der Waals surface area contributed by atoms with Crippen molar-refractivity contribution in [2.45, 2.75) is 58.1 Å². The number of piperidine rings is 1. The number of nitrogens with zero attached hydrogens (tertiary/aromatic N) is 1. The molecule has 0 unspecified atom stereocenters. The lowest BCUT2D eigenvalue weighted by atomic mass is 9.61. The summed E-state index contributed by atoms with van der Waals surface area (Å²) in [4.78, 5) is 2.57. The van der Waals surface area contributed by atoms with Gasteiger partial charge in [-0.3, -0.25) is 4.90 Å². The fourth-order valence-corrected chi connectivity index (χ4v) is 3.00. The summed E-state index contributed by atoms with van der Waals surface area (Å²) >= 11 is 0. The van der Waals surface area contributed by atoms with Crippen LogP contribution < -0.4 is 0 Å². The molecule has 2 heteroatoms. The molecule has 1 aliphatic carbocycles. The fraction of sp³-hybridized carbons (Fsp3) is 1.00. The van der Waals surface area contributed by atoms with E-state index in [1.807, 2.05) is 0 Å². The normalized spacial score (nSPS) is 29.1. The Hall–Kier alpha value is -0.0800. The fourth-order valence-electron chi connectivity index (χ4n) is 3.00. The van der Waals surface area contributed by atoms with Gasteiger partial charge in [0.25, 0.3) is 0 Å². The molecule has 0 radical (unpaired) electrons. The summed E-state index contributed by atoms with van der Waals surface area (Å²) in [5.74, 6) is 0. The first-order valence-electron chi connectivity index (χ1n) is 5.84. The molecule has 1 spiro atoms. The largest absolute Gasteiger partial charge is 0.393 e. The van der Waals surface area contributed by atoms with Crippen LogP contribution in [0.25, 0.3) is 0 Å². The van der Waals surface area contributed by atoms with Crippen LogP contribution in [0.4, 0.5) is 0 Å². The highest BCUT2D eigenvalue weighted by Gasteiger charge is 2.46. The standard InChI is InChI=1S/C12H23NO/c1-11(2,3)13-6-4-12(5-7-13)8-10(14)9-12/h10,14H,4-9H2,1-3H3. The molecule has 2 aliphatic rings. The highest BCUT2D eigenvalue weighted by Crippen LogP contribution is 2.49. The van der Waals surface area contributed by atoms with Crippen LogP contribution >= 0.6 is 0 Å². The topological polar surface area (TPSA) is 23.5 Å². The van der Waals surface area contributed by atoms with E-state index in [9.17, 15) is 5.11 Å². The molecule has 2 rings (SSSR count). The van der Waals surface area contributed by atoms with E-state index in [-0.39, 0.29) is 6.10 Å². The van der Waals surface area contributed by atoms with Crippen LogP contribution in [0.3, 0.4) is 0 Å². The summed E-state index contributed by atoms with van der Waals surface area (Å²) in [6, 6.07) is 0. The van der Waals surface area contributed by atoms with Gasteiger partial charge in [-0.25, -0.2) is 0 Å². The van der Waals surface area contributed by atoms with E-state index < -0.39 is 0 Å². The van der Waals surface area contributed by atoms with Crippen LogP contribution in [0.1, 0.15) is 46.5 Å². The lowest BCUT2D eigenvalue weighted by Gasteiger charge is -2.52. The highest BCUT2D eigenvalue weighted by molar-refractivity contribution is 4.98. The molecular weight excluding hydrogens is 174 g/mol. The molecule has 1 heterocycles. The number of likely N-dealkylation sites (tertiary alicyclic amines) is 1. The number of aliphatic hydroxyl groups is 1. The molecule has 1 aliphatic heterocycles. The maximum absolute atomic E-state index is 9.38. The zero-order chi connectivity index (χ0) is 10.4. The molecule has 1 N–H and O–H groups in total. The van der Waals surface area contributed by atoms with Gasteiger partial charge in [0.1, 0.15) is 0 Å². The van der Waals surface area contributed by atoms with Crippen LogP contribution in [-0.2, 0) is 0 Å². The van der Waals surface area contributed by atoms with Gasteiger partial charge < -0.3 is 5.11 Å². The first kappa shape index (κ1) is 10.4. The molecule has 1 saturated heterocycles.